The Bertz CT molecular complexity index is 1090. The lowest BCUT2D eigenvalue weighted by molar-refractivity contribution is 0.587. The quantitative estimate of drug-likeness (QED) is 0.639. The van der Waals surface area contributed by atoms with E-state index in [4.69, 9.17) is 10.7 Å². The molecule has 1 aromatic carbocycles. The Balaban J connectivity index is 1.94. The van der Waals surface area contributed by atoms with E-state index in [0.29, 0.717) is 17.2 Å². The Morgan fingerprint density at radius 2 is 1.89 bits per heavy atom. The monoisotopic (exact) mass is 405 g/mol. The molecule has 0 fully saturated rings. The van der Waals surface area contributed by atoms with Crippen LogP contribution in [0, 0.1) is 13.8 Å². The number of halogens is 1. The first-order valence-corrected chi connectivity index (χ1v) is 10.7. The molecule has 0 saturated carbocycles. The summed E-state index contributed by atoms with van der Waals surface area (Å²) in [6.45, 7) is 7.93. The Morgan fingerprint density at radius 3 is 2.52 bits per heavy atom. The molecule has 0 aliphatic carbocycles. The summed E-state index contributed by atoms with van der Waals surface area (Å²) in [6, 6.07) is 6.67. The van der Waals surface area contributed by atoms with Gasteiger partial charge in [-0.15, -0.1) is 0 Å². The van der Waals surface area contributed by atoms with Crippen LogP contribution < -0.4 is 5.32 Å². The van der Waals surface area contributed by atoms with Crippen LogP contribution >= 0.6 is 10.7 Å². The number of benzene rings is 1. The van der Waals surface area contributed by atoms with Gasteiger partial charge in [-0.3, -0.25) is 0 Å². The Labute approximate surface area is 162 Å². The molecule has 0 aliphatic heterocycles. The minimum atomic E-state index is -3.76. The van der Waals surface area contributed by atoms with E-state index in [1.165, 1.54) is 12.1 Å². The highest BCUT2D eigenvalue weighted by molar-refractivity contribution is 8.13. The van der Waals surface area contributed by atoms with Crippen molar-refractivity contribution in [1.82, 2.24) is 19.5 Å². The second-order valence-electron chi connectivity index (χ2n) is 6.46. The van der Waals surface area contributed by atoms with E-state index >= 15 is 0 Å². The summed E-state index contributed by atoms with van der Waals surface area (Å²) >= 11 is 0. The van der Waals surface area contributed by atoms with Crippen LogP contribution in [0.2, 0.25) is 0 Å². The van der Waals surface area contributed by atoms with Gasteiger partial charge in [0.2, 0.25) is 5.95 Å². The summed E-state index contributed by atoms with van der Waals surface area (Å²) in [7, 11) is 1.63. The van der Waals surface area contributed by atoms with Gasteiger partial charge in [-0.05, 0) is 57.5 Å². The zero-order valence-electron chi connectivity index (χ0n) is 15.4. The van der Waals surface area contributed by atoms with Crippen molar-refractivity contribution in [3.63, 3.8) is 0 Å². The van der Waals surface area contributed by atoms with E-state index in [1.807, 2.05) is 13.0 Å². The van der Waals surface area contributed by atoms with Gasteiger partial charge in [0.25, 0.3) is 9.05 Å². The number of hydrogen-bond acceptors (Lipinski definition) is 6. The van der Waals surface area contributed by atoms with Gasteiger partial charge in [0.1, 0.15) is 5.82 Å². The minimum absolute atomic E-state index is 0.0539. The zero-order valence-corrected chi connectivity index (χ0v) is 17.0. The number of aryl methyl sites for hydroxylation is 2. The molecule has 0 bridgehead atoms. The molecule has 142 valence electrons. The van der Waals surface area contributed by atoms with E-state index in [-0.39, 0.29) is 10.9 Å². The molecule has 0 aliphatic rings. The fourth-order valence-corrected chi connectivity index (χ4v) is 3.74. The van der Waals surface area contributed by atoms with Crippen molar-refractivity contribution in [2.75, 3.05) is 5.32 Å². The van der Waals surface area contributed by atoms with Crippen molar-refractivity contribution >= 4 is 31.4 Å². The van der Waals surface area contributed by atoms with Crippen LogP contribution in [0.1, 0.15) is 31.3 Å². The van der Waals surface area contributed by atoms with E-state index in [1.54, 1.807) is 25.4 Å². The van der Waals surface area contributed by atoms with Crippen LogP contribution in [0.5, 0.6) is 0 Å². The standard InChI is InChI=1S/C18H20ClN5O2S/c1-11(2)24-13(4)21-10-17(24)16-7-8-20-18(23-16)22-15-6-5-14(9-12(15)3)27(19,25)26/h5-11H,1-4H3,(H,20,22,23). The van der Waals surface area contributed by atoms with E-state index in [2.05, 4.69) is 38.7 Å². The summed E-state index contributed by atoms with van der Waals surface area (Å²) in [5, 5.41) is 3.13. The Hall–Kier alpha value is -2.45. The van der Waals surface area contributed by atoms with E-state index < -0.39 is 9.05 Å². The summed E-state index contributed by atoms with van der Waals surface area (Å²) < 4.78 is 25.0. The van der Waals surface area contributed by atoms with Crippen LogP contribution in [0.25, 0.3) is 11.4 Å². The highest BCUT2D eigenvalue weighted by atomic mass is 35.7. The van der Waals surface area contributed by atoms with Crippen LogP contribution in [0.4, 0.5) is 11.6 Å². The van der Waals surface area contributed by atoms with Crippen molar-refractivity contribution in [1.29, 1.82) is 0 Å². The predicted molar refractivity (Wildman–Crippen MR) is 106 cm³/mol. The molecule has 2 heterocycles. The van der Waals surface area contributed by atoms with Gasteiger partial charge < -0.3 is 9.88 Å². The maximum Gasteiger partial charge on any atom is 0.261 e. The van der Waals surface area contributed by atoms with Gasteiger partial charge in [0.15, 0.2) is 0 Å². The van der Waals surface area contributed by atoms with Gasteiger partial charge in [-0.2, -0.15) is 0 Å². The smallest absolute Gasteiger partial charge is 0.261 e. The van der Waals surface area contributed by atoms with Gasteiger partial charge in [-0.1, -0.05) is 0 Å². The van der Waals surface area contributed by atoms with Gasteiger partial charge in [0, 0.05) is 28.6 Å². The number of imidazole rings is 1. The first-order valence-electron chi connectivity index (χ1n) is 8.36. The molecule has 0 spiro atoms. The van der Waals surface area contributed by atoms with Crippen LogP contribution in [0.3, 0.4) is 0 Å². The number of aromatic nitrogens is 4. The van der Waals surface area contributed by atoms with Crippen molar-refractivity contribution in [3.8, 4) is 11.4 Å². The third-order valence-electron chi connectivity index (χ3n) is 4.14. The zero-order chi connectivity index (χ0) is 19.8. The molecule has 0 amide bonds. The maximum atomic E-state index is 11.5. The molecule has 27 heavy (non-hydrogen) atoms. The fraction of sp³-hybridized carbons (Fsp3) is 0.278. The molecule has 0 saturated heterocycles. The van der Waals surface area contributed by atoms with Crippen molar-refractivity contribution in [3.05, 3.63) is 48.0 Å². The molecule has 0 radical (unpaired) electrons. The van der Waals surface area contributed by atoms with Crippen molar-refractivity contribution < 1.29 is 8.42 Å². The SMILES string of the molecule is Cc1cc(S(=O)(=O)Cl)ccc1Nc1nccc(-c2cnc(C)n2C(C)C)n1. The molecule has 1 N–H and O–H groups in total. The molecule has 9 heteroatoms. The lowest BCUT2D eigenvalue weighted by Gasteiger charge is -2.14. The van der Waals surface area contributed by atoms with Gasteiger partial charge >= 0.3 is 0 Å². The Morgan fingerprint density at radius 1 is 1.15 bits per heavy atom. The molecule has 0 atom stereocenters. The first kappa shape index (κ1) is 19.3. The highest BCUT2D eigenvalue weighted by Crippen LogP contribution is 2.26. The average molecular weight is 406 g/mol. The highest BCUT2D eigenvalue weighted by Gasteiger charge is 2.15. The number of anilines is 2. The van der Waals surface area contributed by atoms with Crippen LogP contribution in [-0.2, 0) is 9.05 Å². The number of nitrogens with one attached hydrogen (secondary N) is 1. The third kappa shape index (κ3) is 4.12. The summed E-state index contributed by atoms with van der Waals surface area (Å²) in [5.74, 6) is 1.33. The van der Waals surface area contributed by atoms with Gasteiger partial charge in [-0.25, -0.2) is 23.4 Å². The topological polar surface area (TPSA) is 89.8 Å². The van der Waals surface area contributed by atoms with E-state index in [9.17, 15) is 8.42 Å². The third-order valence-corrected chi connectivity index (χ3v) is 5.49. The lowest BCUT2D eigenvalue weighted by atomic mass is 10.2. The maximum absolute atomic E-state index is 11.5. The number of hydrogen-bond donors (Lipinski definition) is 1. The molecule has 7 nitrogen and oxygen atoms in total. The van der Waals surface area contributed by atoms with Crippen LogP contribution in [0.15, 0.2) is 41.6 Å². The fourth-order valence-electron chi connectivity index (χ4n) is 2.90. The van der Waals surface area contributed by atoms with E-state index in [0.717, 1.165) is 17.2 Å². The van der Waals surface area contributed by atoms with Crippen molar-refractivity contribution in [2.45, 2.75) is 38.6 Å². The summed E-state index contributed by atoms with van der Waals surface area (Å²) in [6.07, 6.45) is 3.47. The molecule has 3 rings (SSSR count). The molecule has 2 aromatic heterocycles. The molecular formula is C18H20ClN5O2S. The van der Waals surface area contributed by atoms with Crippen LogP contribution in [-0.4, -0.2) is 27.9 Å². The van der Waals surface area contributed by atoms with Gasteiger partial charge in [0.05, 0.1) is 22.5 Å². The largest absolute Gasteiger partial charge is 0.324 e. The normalized spacial score (nSPS) is 11.8. The average Bonchev–Trinajstić information content (AvgIpc) is 2.98. The second kappa shape index (κ2) is 7.28. The Kier molecular flexibility index (Phi) is 5.21. The first-order chi connectivity index (χ1) is 12.7. The van der Waals surface area contributed by atoms with Crippen molar-refractivity contribution in [2.24, 2.45) is 0 Å². The second-order valence-corrected chi connectivity index (χ2v) is 9.03. The molecular weight excluding hydrogens is 386 g/mol. The number of rotatable bonds is 5. The summed E-state index contributed by atoms with van der Waals surface area (Å²) in [5.41, 5.74) is 3.08. The lowest BCUT2D eigenvalue weighted by Crippen LogP contribution is -2.06. The predicted octanol–water partition coefficient (Wildman–Crippen LogP) is 4.21. The molecule has 3 aromatic rings. The summed E-state index contributed by atoms with van der Waals surface area (Å²) in [4.78, 5) is 13.3. The number of nitrogens with zero attached hydrogens (tertiary/aromatic N) is 4. The minimum Gasteiger partial charge on any atom is -0.324 e. The molecule has 0 unspecified atom stereocenters.